The smallest absolute Gasteiger partial charge is 0.265 e. The van der Waals surface area contributed by atoms with Gasteiger partial charge in [0.2, 0.25) is 5.88 Å². The van der Waals surface area contributed by atoms with Gasteiger partial charge in [0, 0.05) is 23.2 Å². The maximum Gasteiger partial charge on any atom is 0.265 e. The van der Waals surface area contributed by atoms with Crippen molar-refractivity contribution in [3.05, 3.63) is 77.6 Å². The number of rotatable bonds is 1. The van der Waals surface area contributed by atoms with E-state index in [4.69, 9.17) is 20.2 Å². The lowest BCUT2D eigenvalue weighted by atomic mass is 10.1. The maximum atomic E-state index is 12.0. The lowest BCUT2D eigenvalue weighted by Crippen LogP contribution is -2.27. The van der Waals surface area contributed by atoms with Gasteiger partial charge in [0.05, 0.1) is 6.54 Å². The molecule has 1 aromatic carbocycles. The number of benzene rings is 1. The zero-order chi connectivity index (χ0) is 21.9. The molecule has 0 aliphatic carbocycles. The van der Waals surface area contributed by atoms with Gasteiger partial charge in [0.15, 0.2) is 6.40 Å². The van der Waals surface area contributed by atoms with Gasteiger partial charge in [-0.3, -0.25) is 4.79 Å². The van der Waals surface area contributed by atoms with Crippen LogP contribution in [0.1, 0.15) is 5.56 Å². The highest BCUT2D eigenvalue weighted by Gasteiger charge is 2.27. The molecule has 0 radical (unpaired) electrons. The lowest BCUT2D eigenvalue weighted by Gasteiger charge is -2.17. The lowest BCUT2D eigenvalue weighted by molar-refractivity contribution is -0.115. The van der Waals surface area contributed by atoms with Crippen molar-refractivity contribution in [2.24, 2.45) is 10.7 Å². The van der Waals surface area contributed by atoms with Gasteiger partial charge in [0.25, 0.3) is 5.91 Å². The molecule has 1 atom stereocenters. The van der Waals surface area contributed by atoms with E-state index in [9.17, 15) is 4.79 Å². The van der Waals surface area contributed by atoms with E-state index in [0.29, 0.717) is 24.7 Å². The Kier molecular flexibility index (Phi) is 5.43. The van der Waals surface area contributed by atoms with Gasteiger partial charge in [-0.2, -0.15) is 0 Å². The zero-order valence-corrected chi connectivity index (χ0v) is 17.9. The summed E-state index contributed by atoms with van der Waals surface area (Å²) in [6.45, 7) is 0.814. The first-order valence-electron chi connectivity index (χ1n) is 10.1. The Labute approximate surface area is 188 Å². The van der Waals surface area contributed by atoms with E-state index in [2.05, 4.69) is 29.3 Å². The summed E-state index contributed by atoms with van der Waals surface area (Å²) < 4.78 is 11.6. The van der Waals surface area contributed by atoms with Gasteiger partial charge in [-0.1, -0.05) is 30.4 Å². The molecule has 1 amide bonds. The second-order valence-electron chi connectivity index (χ2n) is 7.26. The fourth-order valence-corrected chi connectivity index (χ4v) is 4.48. The van der Waals surface area contributed by atoms with E-state index < -0.39 is 12.0 Å². The van der Waals surface area contributed by atoms with E-state index >= 15 is 0 Å². The second-order valence-corrected chi connectivity index (χ2v) is 8.15. The number of hydrogen-bond acceptors (Lipinski definition) is 7. The van der Waals surface area contributed by atoms with E-state index in [1.807, 2.05) is 29.7 Å². The fourth-order valence-electron chi connectivity index (χ4n) is 3.71. The predicted octanol–water partition coefficient (Wildman–Crippen LogP) is 3.98. The molecule has 5 rings (SSSR count). The Morgan fingerprint density at radius 2 is 2.12 bits per heavy atom. The predicted molar refractivity (Wildman–Crippen MR) is 127 cm³/mol. The van der Waals surface area contributed by atoms with Crippen LogP contribution in [0.2, 0.25) is 0 Å². The third kappa shape index (κ3) is 4.00. The number of primary amides is 1. The van der Waals surface area contributed by atoms with Crippen LogP contribution in [0.4, 0.5) is 0 Å². The topological polar surface area (TPSA) is 90.0 Å². The van der Waals surface area contributed by atoms with Gasteiger partial charge in [0.1, 0.15) is 23.2 Å². The van der Waals surface area contributed by atoms with Gasteiger partial charge < -0.3 is 20.1 Å². The molecule has 32 heavy (non-hydrogen) atoms. The van der Waals surface area contributed by atoms with Crippen LogP contribution in [-0.4, -0.2) is 41.4 Å². The first-order valence-corrected chi connectivity index (χ1v) is 11.0. The fraction of sp³-hybridized carbons (Fsp3) is 0.125. The van der Waals surface area contributed by atoms with Crippen molar-refractivity contribution in [1.82, 2.24) is 9.88 Å². The second kappa shape index (κ2) is 8.68. The molecule has 3 aromatic rings. The molecular formula is C24H20N4O3S. The van der Waals surface area contributed by atoms with Crippen molar-refractivity contribution in [3.8, 4) is 5.88 Å². The molecule has 4 heterocycles. The number of carbonyl (C=O) groups is 1. The molecule has 0 saturated carbocycles. The van der Waals surface area contributed by atoms with Crippen molar-refractivity contribution < 1.29 is 14.3 Å². The molecule has 2 aliphatic heterocycles. The SMILES string of the molecule is NC(=O)C1=CC2CN1/C=C\N=COC/C=C\C=C/c1ccc3c(c1)c(nc1sccc13)O2. The first kappa shape index (κ1) is 20.0. The van der Waals surface area contributed by atoms with Gasteiger partial charge in [-0.15, -0.1) is 11.3 Å². The van der Waals surface area contributed by atoms with Crippen LogP contribution in [0.25, 0.3) is 27.1 Å². The Morgan fingerprint density at radius 1 is 1.19 bits per heavy atom. The van der Waals surface area contributed by atoms with Crippen molar-refractivity contribution in [2.75, 3.05) is 13.2 Å². The monoisotopic (exact) mass is 444 g/mol. The largest absolute Gasteiger partial charge is 0.479 e. The number of amides is 1. The summed E-state index contributed by atoms with van der Waals surface area (Å²) in [4.78, 5) is 23.4. The van der Waals surface area contributed by atoms with E-state index in [1.54, 1.807) is 34.7 Å². The highest BCUT2D eigenvalue weighted by Crippen LogP contribution is 2.35. The Hall–Kier alpha value is -3.91. The maximum absolute atomic E-state index is 12.0. The van der Waals surface area contributed by atoms with Gasteiger partial charge >= 0.3 is 0 Å². The Balaban J connectivity index is 1.61. The van der Waals surface area contributed by atoms with E-state index in [0.717, 1.165) is 26.6 Å². The summed E-state index contributed by atoms with van der Waals surface area (Å²) in [5.74, 6) is 0.000127. The summed E-state index contributed by atoms with van der Waals surface area (Å²) >= 11 is 1.57. The molecule has 7 nitrogen and oxygen atoms in total. The molecule has 2 aliphatic rings. The van der Waals surface area contributed by atoms with Crippen LogP contribution in [0.5, 0.6) is 5.88 Å². The number of allylic oxidation sites excluding steroid dienone is 2. The minimum atomic E-state index is -0.532. The van der Waals surface area contributed by atoms with Crippen LogP contribution >= 0.6 is 11.3 Å². The standard InChI is InChI=1S/C24H20N4O3S/c25-22(29)21-13-17-14-28(21)9-8-26-15-30-10-3-1-2-4-16-5-6-18-19-7-11-32-24(19)27-23(31-17)20(18)12-16/h1-9,11-13,15,17H,10,14H2,(H2,25,29)/b3-1-,4-2-,9-8-,26-15?. The van der Waals surface area contributed by atoms with E-state index in [1.165, 1.54) is 6.40 Å². The van der Waals surface area contributed by atoms with Crippen LogP contribution in [0.15, 0.2) is 77.0 Å². The van der Waals surface area contributed by atoms with Crippen molar-refractivity contribution in [1.29, 1.82) is 0 Å². The van der Waals surface area contributed by atoms with Crippen molar-refractivity contribution in [3.63, 3.8) is 0 Å². The number of thiophene rings is 1. The molecular weight excluding hydrogens is 424 g/mol. The third-order valence-electron chi connectivity index (χ3n) is 5.15. The number of hydrogen-bond donors (Lipinski definition) is 1. The highest BCUT2D eigenvalue weighted by molar-refractivity contribution is 7.16. The average molecular weight is 445 g/mol. The third-order valence-corrected chi connectivity index (χ3v) is 5.96. The molecule has 4 bridgehead atoms. The number of fused-ring (bicyclic) bond motifs is 5. The molecule has 1 unspecified atom stereocenters. The molecule has 0 saturated heterocycles. The molecule has 2 N–H and O–H groups in total. The van der Waals surface area contributed by atoms with Crippen LogP contribution in [0, 0.1) is 0 Å². The quantitative estimate of drug-likeness (QED) is 0.613. The first-order chi connectivity index (χ1) is 15.7. The van der Waals surface area contributed by atoms with Gasteiger partial charge in [-0.25, -0.2) is 9.98 Å². The van der Waals surface area contributed by atoms with E-state index in [-0.39, 0.29) is 0 Å². The Bertz CT molecular complexity index is 1340. The minimum Gasteiger partial charge on any atom is -0.479 e. The summed E-state index contributed by atoms with van der Waals surface area (Å²) in [6, 6.07) is 8.30. The number of carbonyl (C=O) groups excluding carboxylic acids is 1. The number of ether oxygens (including phenoxy) is 2. The summed E-state index contributed by atoms with van der Waals surface area (Å²) in [6.07, 6.45) is 13.7. The number of aromatic nitrogens is 1. The van der Waals surface area contributed by atoms with Crippen LogP contribution in [0.3, 0.4) is 0 Å². The molecule has 0 fully saturated rings. The van der Waals surface area contributed by atoms with Gasteiger partial charge in [-0.05, 0) is 40.6 Å². The van der Waals surface area contributed by atoms with Crippen molar-refractivity contribution >= 4 is 50.7 Å². The Morgan fingerprint density at radius 3 is 3.03 bits per heavy atom. The summed E-state index contributed by atoms with van der Waals surface area (Å²) in [5.41, 5.74) is 6.96. The number of nitrogens with two attached hydrogens (primary N) is 1. The molecule has 160 valence electrons. The zero-order valence-electron chi connectivity index (χ0n) is 17.0. The average Bonchev–Trinajstić information content (AvgIpc) is 3.41. The number of aliphatic imine (C=N–C) groups is 1. The normalized spacial score (nSPS) is 21.4. The van der Waals surface area contributed by atoms with Crippen molar-refractivity contribution in [2.45, 2.75) is 6.10 Å². The summed E-state index contributed by atoms with van der Waals surface area (Å²) in [5, 5.41) is 5.11. The van der Waals surface area contributed by atoms with Crippen LogP contribution < -0.4 is 10.5 Å². The van der Waals surface area contributed by atoms with Crippen LogP contribution in [-0.2, 0) is 9.53 Å². The highest BCUT2D eigenvalue weighted by atomic mass is 32.1. The number of nitrogens with zero attached hydrogens (tertiary/aromatic N) is 3. The summed E-state index contributed by atoms with van der Waals surface area (Å²) in [7, 11) is 0. The minimum absolute atomic E-state index is 0.355. The number of pyridine rings is 1. The molecule has 2 aromatic heterocycles. The molecule has 0 spiro atoms. The molecule has 8 heteroatoms.